The van der Waals surface area contributed by atoms with Crippen molar-refractivity contribution in [2.75, 3.05) is 11.4 Å². The fourth-order valence-corrected chi connectivity index (χ4v) is 4.39. The molecular weight excluding hydrogens is 441 g/mol. The number of fused-ring (bicyclic) bond motifs is 1. The molecule has 1 atom stereocenters. The molecule has 9 heteroatoms. The number of alkyl halides is 3. The number of H-pyrrole nitrogens is 1. The van der Waals surface area contributed by atoms with Gasteiger partial charge < -0.3 is 9.88 Å². The minimum absolute atomic E-state index is 0.0170. The lowest BCUT2D eigenvalue weighted by Gasteiger charge is -2.27. The van der Waals surface area contributed by atoms with Crippen LogP contribution in [0.1, 0.15) is 50.2 Å². The maximum Gasteiger partial charge on any atom is 0.416 e. The average molecular weight is 467 g/mol. The molecule has 34 heavy (non-hydrogen) atoms. The standard InChI is InChI=1S/C25H25F3N6/c1-15-11-22(23-31-18-7-5-16(24(2,3)4)12-19(18)32-23)33(14-15)21-13-17(25(26,27)28)6-8-20(21)34-29-9-10-30-34/h5-10,12-13,22H,1,11,14H2,2-4H3,(H,31,32)/t22-/m0/s1. The first-order valence-corrected chi connectivity index (χ1v) is 11.0. The molecule has 176 valence electrons. The van der Waals surface area contributed by atoms with Crippen LogP contribution in [-0.4, -0.2) is 31.5 Å². The Balaban J connectivity index is 1.62. The molecule has 0 bridgehead atoms. The predicted molar refractivity (Wildman–Crippen MR) is 125 cm³/mol. The summed E-state index contributed by atoms with van der Waals surface area (Å²) in [6.45, 7) is 11.0. The van der Waals surface area contributed by atoms with E-state index in [-0.39, 0.29) is 11.5 Å². The van der Waals surface area contributed by atoms with Crippen LogP contribution in [0.2, 0.25) is 0 Å². The summed E-state index contributed by atoms with van der Waals surface area (Å²) in [4.78, 5) is 11.4. The molecule has 3 heterocycles. The number of imidazole rings is 1. The average Bonchev–Trinajstić information content (AvgIpc) is 3.50. The van der Waals surface area contributed by atoms with Gasteiger partial charge in [0.2, 0.25) is 0 Å². The highest BCUT2D eigenvalue weighted by Crippen LogP contribution is 2.42. The van der Waals surface area contributed by atoms with Crippen LogP contribution in [0.15, 0.2) is 60.9 Å². The van der Waals surface area contributed by atoms with Crippen LogP contribution in [0, 0.1) is 0 Å². The van der Waals surface area contributed by atoms with Crippen LogP contribution in [-0.2, 0) is 11.6 Å². The lowest BCUT2D eigenvalue weighted by Crippen LogP contribution is -2.26. The summed E-state index contributed by atoms with van der Waals surface area (Å²) in [5.74, 6) is 0.691. The number of nitrogens with zero attached hydrogens (tertiary/aromatic N) is 5. The Morgan fingerprint density at radius 1 is 0.971 bits per heavy atom. The minimum Gasteiger partial charge on any atom is -0.355 e. The van der Waals surface area contributed by atoms with Gasteiger partial charge in [0.1, 0.15) is 11.5 Å². The van der Waals surface area contributed by atoms with Gasteiger partial charge >= 0.3 is 6.18 Å². The van der Waals surface area contributed by atoms with Crippen LogP contribution in [0.4, 0.5) is 18.9 Å². The largest absolute Gasteiger partial charge is 0.416 e. The van der Waals surface area contributed by atoms with Crippen LogP contribution in [0.25, 0.3) is 16.7 Å². The molecule has 4 aromatic rings. The monoisotopic (exact) mass is 466 g/mol. The van der Waals surface area contributed by atoms with Gasteiger partial charge in [-0.05, 0) is 47.7 Å². The first-order chi connectivity index (χ1) is 16.0. The van der Waals surface area contributed by atoms with Crippen molar-refractivity contribution in [3.05, 3.63) is 77.9 Å². The van der Waals surface area contributed by atoms with Gasteiger partial charge in [0.05, 0.1) is 40.7 Å². The fraction of sp³-hybridized carbons (Fsp3) is 0.320. The topological polar surface area (TPSA) is 62.6 Å². The number of hydrogen-bond donors (Lipinski definition) is 1. The Labute approximate surface area is 195 Å². The highest BCUT2D eigenvalue weighted by Gasteiger charge is 2.36. The highest BCUT2D eigenvalue weighted by molar-refractivity contribution is 5.77. The molecule has 1 saturated heterocycles. The summed E-state index contributed by atoms with van der Waals surface area (Å²) >= 11 is 0. The van der Waals surface area contributed by atoms with E-state index < -0.39 is 11.7 Å². The quantitative estimate of drug-likeness (QED) is 0.378. The molecule has 0 spiro atoms. The molecule has 0 unspecified atom stereocenters. The number of anilines is 1. The number of aromatic nitrogens is 5. The van der Waals surface area contributed by atoms with Gasteiger partial charge in [-0.25, -0.2) is 4.98 Å². The van der Waals surface area contributed by atoms with Crippen molar-refractivity contribution in [2.24, 2.45) is 0 Å². The van der Waals surface area contributed by atoms with E-state index in [1.165, 1.54) is 28.8 Å². The summed E-state index contributed by atoms with van der Waals surface area (Å²) in [7, 11) is 0. The minimum atomic E-state index is -4.47. The van der Waals surface area contributed by atoms with E-state index in [0.717, 1.165) is 28.7 Å². The number of hydrogen-bond acceptors (Lipinski definition) is 4. The van der Waals surface area contributed by atoms with Crippen molar-refractivity contribution in [3.63, 3.8) is 0 Å². The third kappa shape index (κ3) is 3.95. The Morgan fingerprint density at radius 2 is 1.68 bits per heavy atom. The van der Waals surface area contributed by atoms with E-state index in [4.69, 9.17) is 4.98 Å². The fourth-order valence-electron chi connectivity index (χ4n) is 4.39. The maximum atomic E-state index is 13.6. The van der Waals surface area contributed by atoms with Gasteiger partial charge in [-0.3, -0.25) is 0 Å². The van der Waals surface area contributed by atoms with Crippen molar-refractivity contribution in [1.29, 1.82) is 0 Å². The highest BCUT2D eigenvalue weighted by atomic mass is 19.4. The molecule has 2 aromatic carbocycles. The number of aromatic amines is 1. The first kappa shape index (κ1) is 22.2. The third-order valence-electron chi connectivity index (χ3n) is 6.18. The maximum absolute atomic E-state index is 13.6. The van der Waals surface area contributed by atoms with Crippen LogP contribution in [0.5, 0.6) is 0 Å². The first-order valence-electron chi connectivity index (χ1n) is 11.0. The molecule has 0 saturated carbocycles. The Kier molecular flexibility index (Phi) is 5.03. The molecule has 0 amide bonds. The van der Waals surface area contributed by atoms with Gasteiger partial charge in [-0.1, -0.05) is 39.0 Å². The van der Waals surface area contributed by atoms with Crippen molar-refractivity contribution >= 4 is 16.7 Å². The zero-order chi connectivity index (χ0) is 24.3. The summed E-state index contributed by atoms with van der Waals surface area (Å²) < 4.78 is 40.8. The number of halogens is 3. The van der Waals surface area contributed by atoms with Crippen molar-refractivity contribution in [3.8, 4) is 5.69 Å². The Bertz CT molecular complexity index is 1360. The molecule has 1 aliphatic heterocycles. The number of rotatable bonds is 3. The molecule has 0 aliphatic carbocycles. The second-order valence-electron chi connectivity index (χ2n) is 9.72. The molecule has 1 fully saturated rings. The van der Waals surface area contributed by atoms with Gasteiger partial charge in [-0.15, -0.1) is 4.80 Å². The SMILES string of the molecule is C=C1C[C@@H](c2nc3ccc(C(C)(C)C)cc3[nH]2)N(c2cc(C(F)(F)F)ccc2-n2nccn2)C1. The smallest absolute Gasteiger partial charge is 0.355 e. The lowest BCUT2D eigenvalue weighted by atomic mass is 9.87. The Morgan fingerprint density at radius 3 is 2.35 bits per heavy atom. The van der Waals surface area contributed by atoms with Crippen LogP contribution in [0.3, 0.4) is 0 Å². The predicted octanol–water partition coefficient (Wildman–Crippen LogP) is 5.97. The van der Waals surface area contributed by atoms with Crippen LogP contribution >= 0.6 is 0 Å². The summed E-state index contributed by atoms with van der Waals surface area (Å²) in [5.41, 5.74) is 3.90. The van der Waals surface area contributed by atoms with E-state index >= 15 is 0 Å². The summed E-state index contributed by atoms with van der Waals surface area (Å²) in [5, 5.41) is 8.29. The van der Waals surface area contributed by atoms with E-state index in [2.05, 4.69) is 54.7 Å². The van der Waals surface area contributed by atoms with Gasteiger partial charge in [0, 0.05) is 6.54 Å². The van der Waals surface area contributed by atoms with Crippen molar-refractivity contribution in [2.45, 2.75) is 44.8 Å². The second kappa shape index (κ2) is 7.72. The normalized spacial score (nSPS) is 17.2. The Hall–Kier alpha value is -3.62. The van der Waals surface area contributed by atoms with E-state index in [9.17, 15) is 13.2 Å². The van der Waals surface area contributed by atoms with E-state index in [1.54, 1.807) is 0 Å². The lowest BCUT2D eigenvalue weighted by molar-refractivity contribution is -0.137. The molecule has 6 nitrogen and oxygen atoms in total. The number of benzene rings is 2. The molecular formula is C25H25F3N6. The third-order valence-corrected chi connectivity index (χ3v) is 6.18. The zero-order valence-corrected chi connectivity index (χ0v) is 19.2. The zero-order valence-electron chi connectivity index (χ0n) is 19.2. The van der Waals surface area contributed by atoms with E-state index in [0.29, 0.717) is 30.2 Å². The number of nitrogens with one attached hydrogen (secondary N) is 1. The van der Waals surface area contributed by atoms with Crippen LogP contribution < -0.4 is 4.90 Å². The molecule has 1 N–H and O–H groups in total. The van der Waals surface area contributed by atoms with Crippen molar-refractivity contribution < 1.29 is 13.2 Å². The molecule has 5 rings (SSSR count). The summed E-state index contributed by atoms with van der Waals surface area (Å²) in [6.07, 6.45) is -0.907. The second-order valence-corrected chi connectivity index (χ2v) is 9.72. The van der Waals surface area contributed by atoms with Gasteiger partial charge in [0.25, 0.3) is 0 Å². The van der Waals surface area contributed by atoms with E-state index in [1.807, 2.05) is 11.0 Å². The molecule has 0 radical (unpaired) electrons. The molecule has 2 aromatic heterocycles. The molecule has 1 aliphatic rings. The van der Waals surface area contributed by atoms with Crippen molar-refractivity contribution in [1.82, 2.24) is 25.0 Å². The summed E-state index contributed by atoms with van der Waals surface area (Å²) in [6, 6.07) is 9.45. The van der Waals surface area contributed by atoms with Gasteiger partial charge in [-0.2, -0.15) is 23.4 Å². The van der Waals surface area contributed by atoms with Gasteiger partial charge in [0.15, 0.2) is 0 Å².